The molecule has 1 aromatic rings. The van der Waals surface area contributed by atoms with Gasteiger partial charge in [-0.15, -0.1) is 0 Å². The maximum atomic E-state index is 13.4. The van der Waals surface area contributed by atoms with E-state index in [1.165, 1.54) is 17.0 Å². The Bertz CT molecular complexity index is 573. The van der Waals surface area contributed by atoms with Crippen LogP contribution in [0.5, 0.6) is 0 Å². The number of benzene rings is 1. The first-order valence-corrected chi connectivity index (χ1v) is 7.87. The van der Waals surface area contributed by atoms with Crippen LogP contribution in [-0.2, 0) is 16.1 Å². The number of piperidine rings is 1. The fourth-order valence-electron chi connectivity index (χ4n) is 3.09. The average molecular weight is 355 g/mol. The summed E-state index contributed by atoms with van der Waals surface area (Å²) in [6.45, 7) is 1.03. The third-order valence-corrected chi connectivity index (χ3v) is 4.50. The number of carbonyl (C=O) groups is 2. The van der Waals surface area contributed by atoms with E-state index in [0.29, 0.717) is 16.6 Å². The van der Waals surface area contributed by atoms with E-state index in [4.69, 9.17) is 0 Å². The monoisotopic (exact) mass is 354 g/mol. The van der Waals surface area contributed by atoms with Crippen molar-refractivity contribution in [3.63, 3.8) is 0 Å². The first kappa shape index (κ1) is 14.5. The first-order chi connectivity index (χ1) is 10.0. The molecule has 0 spiro atoms. The minimum absolute atomic E-state index is 0.00484. The van der Waals surface area contributed by atoms with Crippen LogP contribution in [0.25, 0.3) is 0 Å². The van der Waals surface area contributed by atoms with E-state index in [0.717, 1.165) is 19.3 Å². The van der Waals surface area contributed by atoms with Gasteiger partial charge >= 0.3 is 0 Å². The van der Waals surface area contributed by atoms with Crippen molar-refractivity contribution in [1.82, 2.24) is 9.80 Å². The maximum Gasteiger partial charge on any atom is 0.246 e. The van der Waals surface area contributed by atoms with Crippen LogP contribution >= 0.6 is 15.9 Å². The third kappa shape index (κ3) is 2.95. The molecule has 2 saturated heterocycles. The number of hydrogen-bond donors (Lipinski definition) is 0. The van der Waals surface area contributed by atoms with Crippen LogP contribution in [0, 0.1) is 5.82 Å². The summed E-state index contributed by atoms with van der Waals surface area (Å²) in [4.78, 5) is 27.9. The van der Waals surface area contributed by atoms with Crippen LogP contribution in [0.1, 0.15) is 24.8 Å². The number of piperazine rings is 1. The van der Waals surface area contributed by atoms with Crippen LogP contribution < -0.4 is 0 Å². The summed E-state index contributed by atoms with van der Waals surface area (Å²) < 4.78 is 14.0. The minimum Gasteiger partial charge on any atom is -0.329 e. The van der Waals surface area contributed by atoms with Crippen molar-refractivity contribution in [2.45, 2.75) is 31.8 Å². The molecule has 2 aliphatic heterocycles. The number of rotatable bonds is 2. The maximum absolute atomic E-state index is 13.4. The second kappa shape index (κ2) is 5.75. The van der Waals surface area contributed by atoms with Gasteiger partial charge in [0.1, 0.15) is 18.4 Å². The molecule has 2 aliphatic rings. The van der Waals surface area contributed by atoms with Gasteiger partial charge in [0.2, 0.25) is 11.8 Å². The normalized spacial score (nSPS) is 22.5. The summed E-state index contributed by atoms with van der Waals surface area (Å²) in [6.07, 6.45) is 2.67. The Hall–Kier alpha value is -1.43. The summed E-state index contributed by atoms with van der Waals surface area (Å²) in [5.41, 5.74) is 0.687. The summed E-state index contributed by atoms with van der Waals surface area (Å²) in [6, 6.07) is 4.22. The van der Waals surface area contributed by atoms with Crippen LogP contribution in [-0.4, -0.2) is 40.7 Å². The Morgan fingerprint density at radius 2 is 2.05 bits per heavy atom. The van der Waals surface area contributed by atoms with Gasteiger partial charge in [-0.3, -0.25) is 9.59 Å². The summed E-state index contributed by atoms with van der Waals surface area (Å²) in [7, 11) is 0. The van der Waals surface area contributed by atoms with E-state index < -0.39 is 0 Å². The van der Waals surface area contributed by atoms with E-state index in [9.17, 15) is 14.0 Å². The van der Waals surface area contributed by atoms with Gasteiger partial charge in [0.05, 0.1) is 0 Å². The second-order valence-corrected chi connectivity index (χ2v) is 6.49. The van der Waals surface area contributed by atoms with E-state index in [1.807, 2.05) is 0 Å². The number of nitrogens with zero attached hydrogens (tertiary/aromatic N) is 2. The van der Waals surface area contributed by atoms with Gasteiger partial charge in [0, 0.05) is 17.6 Å². The lowest BCUT2D eigenvalue weighted by molar-refractivity contribution is -0.158. The highest BCUT2D eigenvalue weighted by Crippen LogP contribution is 2.25. The third-order valence-electron chi connectivity index (χ3n) is 4.04. The van der Waals surface area contributed by atoms with Crippen molar-refractivity contribution in [1.29, 1.82) is 0 Å². The van der Waals surface area contributed by atoms with Crippen molar-refractivity contribution in [2.24, 2.45) is 0 Å². The number of fused-ring (bicyclic) bond motifs is 1. The standard InChI is InChI=1S/C15H16BrFN2O2/c16-11-5-10(6-12(17)7-11)8-18-9-14(20)19-4-2-1-3-13(19)15(18)21/h5-7,13H,1-4,8-9H2. The lowest BCUT2D eigenvalue weighted by Gasteiger charge is -2.42. The molecule has 0 N–H and O–H groups in total. The second-order valence-electron chi connectivity index (χ2n) is 5.57. The van der Waals surface area contributed by atoms with Gasteiger partial charge in [-0.1, -0.05) is 15.9 Å². The zero-order valence-electron chi connectivity index (χ0n) is 11.5. The highest BCUT2D eigenvalue weighted by molar-refractivity contribution is 9.10. The molecular formula is C15H16BrFN2O2. The number of amides is 2. The van der Waals surface area contributed by atoms with Crippen molar-refractivity contribution < 1.29 is 14.0 Å². The van der Waals surface area contributed by atoms with Crippen molar-refractivity contribution in [3.05, 3.63) is 34.1 Å². The smallest absolute Gasteiger partial charge is 0.246 e. The molecule has 1 unspecified atom stereocenters. The Morgan fingerprint density at radius 1 is 1.24 bits per heavy atom. The average Bonchev–Trinajstić information content (AvgIpc) is 2.43. The van der Waals surface area contributed by atoms with Crippen molar-refractivity contribution in [3.8, 4) is 0 Å². The number of hydrogen-bond acceptors (Lipinski definition) is 2. The molecule has 0 bridgehead atoms. The van der Waals surface area contributed by atoms with Crippen molar-refractivity contribution >= 4 is 27.7 Å². The lowest BCUT2D eigenvalue weighted by Crippen LogP contribution is -2.60. The highest BCUT2D eigenvalue weighted by atomic mass is 79.9. The first-order valence-electron chi connectivity index (χ1n) is 7.08. The molecule has 1 atom stereocenters. The van der Waals surface area contributed by atoms with Crippen LogP contribution in [0.2, 0.25) is 0 Å². The molecule has 6 heteroatoms. The molecule has 0 aliphatic carbocycles. The molecule has 3 rings (SSSR count). The Balaban J connectivity index is 1.79. The zero-order valence-corrected chi connectivity index (χ0v) is 13.1. The Morgan fingerprint density at radius 3 is 2.81 bits per heavy atom. The van der Waals surface area contributed by atoms with E-state index in [1.54, 1.807) is 11.0 Å². The van der Waals surface area contributed by atoms with Gasteiger partial charge in [-0.2, -0.15) is 0 Å². The molecular weight excluding hydrogens is 339 g/mol. The quantitative estimate of drug-likeness (QED) is 0.817. The van der Waals surface area contributed by atoms with Crippen LogP contribution in [0.15, 0.2) is 22.7 Å². The highest BCUT2D eigenvalue weighted by Gasteiger charge is 2.40. The molecule has 2 heterocycles. The molecule has 112 valence electrons. The van der Waals surface area contributed by atoms with E-state index in [2.05, 4.69) is 15.9 Å². The molecule has 21 heavy (non-hydrogen) atoms. The topological polar surface area (TPSA) is 40.6 Å². The molecule has 0 aromatic heterocycles. The summed E-state index contributed by atoms with van der Waals surface area (Å²) >= 11 is 3.24. The minimum atomic E-state index is -0.352. The van der Waals surface area contributed by atoms with Crippen LogP contribution in [0.4, 0.5) is 4.39 Å². The Labute approximate surface area is 131 Å². The van der Waals surface area contributed by atoms with Crippen molar-refractivity contribution in [2.75, 3.05) is 13.1 Å². The van der Waals surface area contributed by atoms with Gasteiger partial charge < -0.3 is 9.80 Å². The Kier molecular flexibility index (Phi) is 3.97. The summed E-state index contributed by atoms with van der Waals surface area (Å²) in [5.74, 6) is -0.376. The lowest BCUT2D eigenvalue weighted by atomic mass is 9.98. The number of carbonyl (C=O) groups excluding carboxylic acids is 2. The fraction of sp³-hybridized carbons (Fsp3) is 0.467. The number of halogens is 2. The molecule has 2 fully saturated rings. The zero-order chi connectivity index (χ0) is 15.0. The van der Waals surface area contributed by atoms with Crippen LogP contribution in [0.3, 0.4) is 0 Å². The molecule has 0 radical (unpaired) electrons. The SMILES string of the molecule is O=C1C2CCCCN2C(=O)CN1Cc1cc(F)cc(Br)c1. The van der Waals surface area contributed by atoms with E-state index in [-0.39, 0.29) is 36.8 Å². The molecule has 0 saturated carbocycles. The van der Waals surface area contributed by atoms with E-state index >= 15 is 0 Å². The predicted molar refractivity (Wildman–Crippen MR) is 78.9 cm³/mol. The van der Waals surface area contributed by atoms with Gasteiger partial charge in [0.25, 0.3) is 0 Å². The van der Waals surface area contributed by atoms with Gasteiger partial charge in [-0.25, -0.2) is 4.39 Å². The van der Waals surface area contributed by atoms with Gasteiger partial charge in [0.15, 0.2) is 0 Å². The molecule has 1 aromatic carbocycles. The van der Waals surface area contributed by atoms with Gasteiger partial charge in [-0.05, 0) is 43.0 Å². The largest absolute Gasteiger partial charge is 0.329 e. The summed E-state index contributed by atoms with van der Waals surface area (Å²) in [5, 5.41) is 0. The molecule has 4 nitrogen and oxygen atoms in total. The predicted octanol–water partition coefficient (Wildman–Crippen LogP) is 2.31. The molecule has 2 amide bonds. The fourth-order valence-corrected chi connectivity index (χ4v) is 3.60.